The quantitative estimate of drug-likeness (QED) is 0.829. The first-order chi connectivity index (χ1) is 8.06. The lowest BCUT2D eigenvalue weighted by Gasteiger charge is -2.01. The predicted molar refractivity (Wildman–Crippen MR) is 66.3 cm³/mol. The van der Waals surface area contributed by atoms with Gasteiger partial charge in [0.25, 0.3) is 0 Å². The van der Waals surface area contributed by atoms with Crippen molar-refractivity contribution in [2.24, 2.45) is 0 Å². The molecular weight excluding hydrogens is 236 g/mol. The van der Waals surface area contributed by atoms with Crippen LogP contribution in [0.1, 0.15) is 35.3 Å². The fourth-order valence-electron chi connectivity index (χ4n) is 1.39. The van der Waals surface area contributed by atoms with Gasteiger partial charge in [0.15, 0.2) is 0 Å². The van der Waals surface area contributed by atoms with Crippen LogP contribution in [-0.4, -0.2) is 19.7 Å². The highest BCUT2D eigenvalue weighted by molar-refractivity contribution is 7.11. The SMILES string of the molecule is Cc1cnc(=O)n(Cc2nnc(C(C)C)s2)c1. The standard InChI is InChI=1S/C11H14N4OS/c1-7(2)10-14-13-9(17-10)6-15-5-8(3)4-12-11(15)16/h4-5,7H,6H2,1-3H3. The first kappa shape index (κ1) is 11.9. The Morgan fingerprint density at radius 1 is 1.41 bits per heavy atom. The molecule has 0 amide bonds. The van der Waals surface area contributed by atoms with Crippen LogP contribution in [-0.2, 0) is 6.54 Å². The Balaban J connectivity index is 2.25. The van der Waals surface area contributed by atoms with E-state index in [1.54, 1.807) is 28.3 Å². The van der Waals surface area contributed by atoms with Gasteiger partial charge < -0.3 is 0 Å². The molecule has 2 aromatic heterocycles. The van der Waals surface area contributed by atoms with Crippen molar-refractivity contribution in [3.8, 4) is 0 Å². The lowest BCUT2D eigenvalue weighted by atomic mass is 10.2. The summed E-state index contributed by atoms with van der Waals surface area (Å²) in [5, 5.41) is 10.0. The average molecular weight is 250 g/mol. The van der Waals surface area contributed by atoms with Crippen molar-refractivity contribution in [1.82, 2.24) is 19.7 Å². The van der Waals surface area contributed by atoms with Gasteiger partial charge in [0.1, 0.15) is 10.0 Å². The van der Waals surface area contributed by atoms with Gasteiger partial charge in [-0.1, -0.05) is 25.2 Å². The van der Waals surface area contributed by atoms with E-state index < -0.39 is 0 Å². The molecule has 0 fully saturated rings. The molecule has 17 heavy (non-hydrogen) atoms. The molecule has 2 aromatic rings. The fraction of sp³-hybridized carbons (Fsp3) is 0.455. The summed E-state index contributed by atoms with van der Waals surface area (Å²) >= 11 is 1.54. The van der Waals surface area contributed by atoms with Crippen LogP contribution in [0, 0.1) is 6.92 Å². The van der Waals surface area contributed by atoms with E-state index in [0.29, 0.717) is 12.5 Å². The summed E-state index contributed by atoms with van der Waals surface area (Å²) in [6.45, 7) is 6.50. The van der Waals surface area contributed by atoms with Gasteiger partial charge in [0.2, 0.25) is 0 Å². The van der Waals surface area contributed by atoms with Crippen molar-refractivity contribution in [3.63, 3.8) is 0 Å². The Bertz CT molecular complexity index is 573. The molecule has 2 heterocycles. The molecule has 0 bridgehead atoms. The second-order valence-corrected chi connectivity index (χ2v) is 5.32. The second-order valence-electron chi connectivity index (χ2n) is 4.23. The van der Waals surface area contributed by atoms with Crippen molar-refractivity contribution in [1.29, 1.82) is 0 Å². The average Bonchev–Trinajstić information content (AvgIpc) is 2.72. The third kappa shape index (κ3) is 2.76. The van der Waals surface area contributed by atoms with Crippen molar-refractivity contribution < 1.29 is 0 Å². The summed E-state index contributed by atoms with van der Waals surface area (Å²) in [5.74, 6) is 0.369. The normalized spacial score (nSPS) is 11.1. The zero-order valence-corrected chi connectivity index (χ0v) is 10.9. The van der Waals surface area contributed by atoms with Gasteiger partial charge >= 0.3 is 5.69 Å². The highest BCUT2D eigenvalue weighted by atomic mass is 32.1. The summed E-state index contributed by atoms with van der Waals surface area (Å²) < 4.78 is 1.56. The van der Waals surface area contributed by atoms with Crippen molar-refractivity contribution in [3.05, 3.63) is 38.5 Å². The molecule has 0 aliphatic rings. The summed E-state index contributed by atoms with van der Waals surface area (Å²) in [7, 11) is 0. The Morgan fingerprint density at radius 3 is 2.82 bits per heavy atom. The summed E-state index contributed by atoms with van der Waals surface area (Å²) in [6, 6.07) is 0. The molecule has 0 saturated heterocycles. The molecule has 0 N–H and O–H groups in total. The third-order valence-electron chi connectivity index (χ3n) is 2.27. The maximum Gasteiger partial charge on any atom is 0.347 e. The van der Waals surface area contributed by atoms with Crippen LogP contribution < -0.4 is 5.69 Å². The van der Waals surface area contributed by atoms with Crippen molar-refractivity contribution in [2.45, 2.75) is 33.2 Å². The fourth-order valence-corrected chi connectivity index (χ4v) is 2.23. The third-order valence-corrected chi connectivity index (χ3v) is 3.47. The van der Waals surface area contributed by atoms with E-state index in [-0.39, 0.29) is 5.69 Å². The van der Waals surface area contributed by atoms with Gasteiger partial charge in [-0.2, -0.15) is 0 Å². The Hall–Kier alpha value is -1.56. The number of aromatic nitrogens is 4. The number of hydrogen-bond acceptors (Lipinski definition) is 5. The minimum Gasteiger partial charge on any atom is -0.292 e. The maximum absolute atomic E-state index is 11.5. The van der Waals surface area contributed by atoms with Gasteiger partial charge in [-0.05, 0) is 12.5 Å². The Kier molecular flexibility index (Phi) is 3.33. The number of aryl methyl sites for hydroxylation is 1. The Morgan fingerprint density at radius 2 is 2.18 bits per heavy atom. The zero-order valence-electron chi connectivity index (χ0n) is 10.0. The van der Waals surface area contributed by atoms with Gasteiger partial charge in [-0.3, -0.25) is 4.57 Å². The molecular formula is C11H14N4OS. The van der Waals surface area contributed by atoms with E-state index in [4.69, 9.17) is 0 Å². The number of rotatable bonds is 3. The summed E-state index contributed by atoms with van der Waals surface area (Å²) in [6.07, 6.45) is 3.35. The minimum atomic E-state index is -0.253. The van der Waals surface area contributed by atoms with Crippen LogP contribution >= 0.6 is 11.3 Å². The Labute approximate surface area is 103 Å². The van der Waals surface area contributed by atoms with E-state index in [1.165, 1.54) is 0 Å². The highest BCUT2D eigenvalue weighted by Crippen LogP contribution is 2.19. The summed E-state index contributed by atoms with van der Waals surface area (Å²) in [5.41, 5.74) is 0.704. The molecule has 90 valence electrons. The van der Waals surface area contributed by atoms with Crippen molar-refractivity contribution in [2.75, 3.05) is 0 Å². The first-order valence-corrected chi connectivity index (χ1v) is 6.23. The van der Waals surface area contributed by atoms with Crippen LogP contribution in [0.25, 0.3) is 0 Å². The molecule has 0 saturated carbocycles. The molecule has 0 spiro atoms. The molecule has 6 heteroatoms. The van der Waals surface area contributed by atoms with Gasteiger partial charge in [-0.25, -0.2) is 9.78 Å². The van der Waals surface area contributed by atoms with E-state index in [0.717, 1.165) is 15.6 Å². The van der Waals surface area contributed by atoms with E-state index in [9.17, 15) is 4.79 Å². The molecule has 0 aliphatic heterocycles. The van der Waals surface area contributed by atoms with Crippen molar-refractivity contribution >= 4 is 11.3 Å². The molecule has 0 unspecified atom stereocenters. The maximum atomic E-state index is 11.5. The lowest BCUT2D eigenvalue weighted by molar-refractivity contribution is 0.707. The van der Waals surface area contributed by atoms with Crippen LogP contribution in [0.4, 0.5) is 0 Å². The van der Waals surface area contributed by atoms with E-state index in [1.807, 2.05) is 6.92 Å². The predicted octanol–water partition coefficient (Wildman–Crippen LogP) is 1.57. The molecule has 0 aliphatic carbocycles. The number of hydrogen-bond donors (Lipinski definition) is 0. The molecule has 5 nitrogen and oxygen atoms in total. The topological polar surface area (TPSA) is 60.7 Å². The van der Waals surface area contributed by atoms with Crippen LogP contribution in [0.5, 0.6) is 0 Å². The largest absolute Gasteiger partial charge is 0.347 e. The van der Waals surface area contributed by atoms with E-state index >= 15 is 0 Å². The van der Waals surface area contributed by atoms with Crippen LogP contribution in [0.3, 0.4) is 0 Å². The monoisotopic (exact) mass is 250 g/mol. The molecule has 2 rings (SSSR count). The molecule has 0 aromatic carbocycles. The smallest absolute Gasteiger partial charge is 0.292 e. The molecule has 0 atom stereocenters. The second kappa shape index (κ2) is 4.75. The minimum absolute atomic E-state index is 0.253. The number of nitrogens with zero attached hydrogens (tertiary/aromatic N) is 4. The van der Waals surface area contributed by atoms with Crippen LogP contribution in [0.2, 0.25) is 0 Å². The summed E-state index contributed by atoms with van der Waals surface area (Å²) in [4.78, 5) is 15.3. The first-order valence-electron chi connectivity index (χ1n) is 5.41. The van der Waals surface area contributed by atoms with Gasteiger partial charge in [-0.15, -0.1) is 10.2 Å². The van der Waals surface area contributed by atoms with E-state index in [2.05, 4.69) is 29.0 Å². The lowest BCUT2D eigenvalue weighted by Crippen LogP contribution is -2.22. The van der Waals surface area contributed by atoms with Gasteiger partial charge in [0, 0.05) is 18.3 Å². The zero-order chi connectivity index (χ0) is 12.4. The van der Waals surface area contributed by atoms with Gasteiger partial charge in [0.05, 0.1) is 6.54 Å². The highest BCUT2D eigenvalue weighted by Gasteiger charge is 2.08. The van der Waals surface area contributed by atoms with Crippen LogP contribution in [0.15, 0.2) is 17.2 Å². The molecule has 0 radical (unpaired) electrons.